The number of thiophene rings is 1. The van der Waals surface area contributed by atoms with Crippen LogP contribution in [0, 0.1) is 6.92 Å². The molecule has 0 bridgehead atoms. The van der Waals surface area contributed by atoms with Gasteiger partial charge < -0.3 is 4.74 Å². The van der Waals surface area contributed by atoms with Crippen molar-refractivity contribution in [3.63, 3.8) is 0 Å². The Morgan fingerprint density at radius 1 is 1.39 bits per heavy atom. The first-order chi connectivity index (χ1) is 8.70. The summed E-state index contributed by atoms with van der Waals surface area (Å²) in [6.07, 6.45) is 6.17. The smallest absolute Gasteiger partial charge is 0.328 e. The molecule has 4 heteroatoms. The van der Waals surface area contributed by atoms with E-state index in [1.807, 2.05) is 6.07 Å². The summed E-state index contributed by atoms with van der Waals surface area (Å²) < 4.78 is 4.92. The first kappa shape index (κ1) is 13.6. The minimum absolute atomic E-state index is 0.178. The van der Waals surface area contributed by atoms with Gasteiger partial charge in [0.05, 0.1) is 7.11 Å². The Labute approximate surface area is 113 Å². The van der Waals surface area contributed by atoms with E-state index in [-0.39, 0.29) is 12.0 Å². The fraction of sp³-hybridized carbons (Fsp3) is 0.643. The molecule has 2 rings (SSSR count). The molecule has 1 aliphatic carbocycles. The van der Waals surface area contributed by atoms with Crippen LogP contribution >= 0.6 is 11.3 Å². The van der Waals surface area contributed by atoms with Gasteiger partial charge in [-0.25, -0.2) is 4.79 Å². The highest BCUT2D eigenvalue weighted by molar-refractivity contribution is 7.12. The Bertz CT molecular complexity index is 396. The lowest BCUT2D eigenvalue weighted by Crippen LogP contribution is -2.38. The van der Waals surface area contributed by atoms with Gasteiger partial charge in [0, 0.05) is 15.8 Å². The molecule has 0 saturated heterocycles. The van der Waals surface area contributed by atoms with E-state index in [0.29, 0.717) is 6.04 Å². The lowest BCUT2D eigenvalue weighted by Gasteiger charge is -2.26. The summed E-state index contributed by atoms with van der Waals surface area (Å²) >= 11 is 1.66. The predicted octanol–water partition coefficient (Wildman–Crippen LogP) is 3.19. The Kier molecular flexibility index (Phi) is 4.78. The molecule has 1 saturated carbocycles. The highest BCUT2D eigenvalue weighted by Crippen LogP contribution is 2.26. The van der Waals surface area contributed by atoms with Crippen molar-refractivity contribution in [2.45, 2.75) is 51.1 Å². The van der Waals surface area contributed by atoms with Crippen molar-refractivity contribution in [2.24, 2.45) is 0 Å². The fourth-order valence-electron chi connectivity index (χ4n) is 2.50. The van der Waals surface area contributed by atoms with Crippen LogP contribution in [0.25, 0.3) is 0 Å². The normalized spacial score (nSPS) is 18.6. The van der Waals surface area contributed by atoms with E-state index in [9.17, 15) is 4.79 Å². The van der Waals surface area contributed by atoms with Crippen molar-refractivity contribution in [1.29, 1.82) is 0 Å². The molecule has 3 nitrogen and oxygen atoms in total. The van der Waals surface area contributed by atoms with Crippen LogP contribution in [0.5, 0.6) is 0 Å². The average Bonchev–Trinajstić information content (AvgIpc) is 2.83. The number of esters is 1. The third-order valence-corrected chi connectivity index (χ3v) is 4.56. The number of hydrogen-bond donors (Lipinski definition) is 1. The third kappa shape index (κ3) is 3.33. The SMILES string of the molecule is COC(=O)C(NC1CCCCC1)c1ccc(C)s1. The summed E-state index contributed by atoms with van der Waals surface area (Å²) in [7, 11) is 1.46. The molecular formula is C14H21NO2S. The summed E-state index contributed by atoms with van der Waals surface area (Å²) in [6, 6.07) is 4.23. The number of methoxy groups -OCH3 is 1. The molecule has 0 aromatic carbocycles. The minimum atomic E-state index is -0.295. The van der Waals surface area contributed by atoms with Gasteiger partial charge in [-0.1, -0.05) is 19.3 Å². The van der Waals surface area contributed by atoms with E-state index in [0.717, 1.165) is 17.7 Å². The Balaban J connectivity index is 2.07. The van der Waals surface area contributed by atoms with Crippen LogP contribution in [-0.4, -0.2) is 19.1 Å². The molecule has 0 spiro atoms. The maximum atomic E-state index is 11.9. The number of ether oxygens (including phenoxy) is 1. The van der Waals surface area contributed by atoms with E-state index >= 15 is 0 Å². The number of carbonyl (C=O) groups excluding carboxylic acids is 1. The maximum absolute atomic E-state index is 11.9. The zero-order valence-corrected chi connectivity index (χ0v) is 11.9. The van der Waals surface area contributed by atoms with Crippen molar-refractivity contribution >= 4 is 17.3 Å². The summed E-state index contributed by atoms with van der Waals surface area (Å²) in [5, 5.41) is 3.47. The molecule has 18 heavy (non-hydrogen) atoms. The highest BCUT2D eigenvalue weighted by Gasteiger charge is 2.26. The van der Waals surface area contributed by atoms with E-state index in [1.54, 1.807) is 11.3 Å². The Morgan fingerprint density at radius 2 is 2.11 bits per heavy atom. The molecule has 1 aromatic rings. The number of nitrogens with one attached hydrogen (secondary N) is 1. The quantitative estimate of drug-likeness (QED) is 0.851. The first-order valence-electron chi connectivity index (χ1n) is 6.61. The van der Waals surface area contributed by atoms with Crippen LogP contribution in [0.15, 0.2) is 12.1 Å². The van der Waals surface area contributed by atoms with Gasteiger partial charge >= 0.3 is 5.97 Å². The maximum Gasteiger partial charge on any atom is 0.328 e. The molecular weight excluding hydrogens is 246 g/mol. The van der Waals surface area contributed by atoms with Crippen molar-refractivity contribution in [1.82, 2.24) is 5.32 Å². The van der Waals surface area contributed by atoms with E-state index in [4.69, 9.17) is 4.74 Å². The molecule has 0 amide bonds. The van der Waals surface area contributed by atoms with Crippen molar-refractivity contribution in [3.8, 4) is 0 Å². The Hall–Kier alpha value is -0.870. The van der Waals surface area contributed by atoms with Crippen molar-refractivity contribution in [2.75, 3.05) is 7.11 Å². The van der Waals surface area contributed by atoms with Gasteiger partial charge in [0.25, 0.3) is 0 Å². The summed E-state index contributed by atoms with van der Waals surface area (Å²) in [5.74, 6) is -0.178. The second-order valence-electron chi connectivity index (χ2n) is 4.91. The van der Waals surface area contributed by atoms with Gasteiger partial charge in [-0.2, -0.15) is 0 Å². The number of carbonyl (C=O) groups is 1. The number of rotatable bonds is 4. The second kappa shape index (κ2) is 6.34. The largest absolute Gasteiger partial charge is 0.468 e. The molecule has 1 aliphatic rings. The molecule has 1 aromatic heterocycles. The lowest BCUT2D eigenvalue weighted by atomic mass is 9.95. The van der Waals surface area contributed by atoms with Gasteiger partial charge in [0.1, 0.15) is 6.04 Å². The number of aryl methyl sites for hydroxylation is 1. The predicted molar refractivity (Wildman–Crippen MR) is 73.8 cm³/mol. The molecule has 1 unspecified atom stereocenters. The fourth-order valence-corrected chi connectivity index (χ4v) is 3.42. The Morgan fingerprint density at radius 3 is 2.67 bits per heavy atom. The molecule has 100 valence electrons. The van der Waals surface area contributed by atoms with Gasteiger partial charge in [-0.15, -0.1) is 11.3 Å². The van der Waals surface area contributed by atoms with Gasteiger partial charge in [-0.3, -0.25) is 5.32 Å². The summed E-state index contributed by atoms with van der Waals surface area (Å²) in [4.78, 5) is 14.2. The molecule has 1 heterocycles. The average molecular weight is 267 g/mol. The van der Waals surface area contributed by atoms with Crippen LogP contribution in [0.3, 0.4) is 0 Å². The molecule has 1 N–H and O–H groups in total. The number of hydrogen-bond acceptors (Lipinski definition) is 4. The third-order valence-electron chi connectivity index (χ3n) is 3.49. The first-order valence-corrected chi connectivity index (χ1v) is 7.42. The minimum Gasteiger partial charge on any atom is -0.468 e. The van der Waals surface area contributed by atoms with Gasteiger partial charge in [-0.05, 0) is 31.9 Å². The monoisotopic (exact) mass is 267 g/mol. The zero-order valence-electron chi connectivity index (χ0n) is 11.1. The van der Waals surface area contributed by atoms with Crippen LogP contribution in [-0.2, 0) is 9.53 Å². The standard InChI is InChI=1S/C14H21NO2S/c1-10-8-9-12(18-10)13(14(16)17-2)15-11-6-4-3-5-7-11/h8-9,11,13,15H,3-7H2,1-2H3. The van der Waals surface area contributed by atoms with Gasteiger partial charge in [0.15, 0.2) is 0 Å². The molecule has 1 fully saturated rings. The molecule has 0 aliphatic heterocycles. The topological polar surface area (TPSA) is 38.3 Å². The zero-order chi connectivity index (χ0) is 13.0. The molecule has 1 atom stereocenters. The lowest BCUT2D eigenvalue weighted by molar-refractivity contribution is -0.143. The summed E-state index contributed by atoms with van der Waals surface area (Å²) in [5.41, 5.74) is 0. The van der Waals surface area contributed by atoms with Crippen LogP contribution in [0.2, 0.25) is 0 Å². The van der Waals surface area contributed by atoms with Crippen molar-refractivity contribution in [3.05, 3.63) is 21.9 Å². The van der Waals surface area contributed by atoms with E-state index in [1.165, 1.54) is 31.2 Å². The van der Waals surface area contributed by atoms with E-state index in [2.05, 4.69) is 18.3 Å². The van der Waals surface area contributed by atoms with E-state index < -0.39 is 0 Å². The second-order valence-corrected chi connectivity index (χ2v) is 6.23. The summed E-state index contributed by atoms with van der Waals surface area (Å²) in [6.45, 7) is 2.06. The molecule has 0 radical (unpaired) electrons. The van der Waals surface area contributed by atoms with Crippen molar-refractivity contribution < 1.29 is 9.53 Å². The van der Waals surface area contributed by atoms with Gasteiger partial charge in [0.2, 0.25) is 0 Å². The van der Waals surface area contributed by atoms with Crippen LogP contribution < -0.4 is 5.32 Å². The van der Waals surface area contributed by atoms with Crippen LogP contribution in [0.4, 0.5) is 0 Å². The van der Waals surface area contributed by atoms with Crippen LogP contribution in [0.1, 0.15) is 47.9 Å². The highest BCUT2D eigenvalue weighted by atomic mass is 32.1.